The van der Waals surface area contributed by atoms with Crippen molar-refractivity contribution in [3.63, 3.8) is 0 Å². The third-order valence-electron chi connectivity index (χ3n) is 3.63. The fourth-order valence-corrected chi connectivity index (χ4v) is 2.19. The van der Waals surface area contributed by atoms with Crippen LogP contribution in [0.1, 0.15) is 49.4 Å². The van der Waals surface area contributed by atoms with Gasteiger partial charge in [-0.3, -0.25) is 0 Å². The molecule has 0 saturated heterocycles. The number of hydrogen-bond acceptors (Lipinski definition) is 2. The highest BCUT2D eigenvalue weighted by molar-refractivity contribution is 5.35. The van der Waals surface area contributed by atoms with Crippen LogP contribution in [0, 0.1) is 0 Å². The van der Waals surface area contributed by atoms with Gasteiger partial charge in [0.05, 0.1) is 11.4 Å². The highest BCUT2D eigenvalue weighted by Gasteiger charge is 2.25. The van der Waals surface area contributed by atoms with Crippen LogP contribution in [-0.2, 0) is 0 Å². The summed E-state index contributed by atoms with van der Waals surface area (Å²) in [6.07, 6.45) is 5.60. The number of aromatic nitrogens is 2. The average Bonchev–Trinajstić information content (AvgIpc) is 3.16. The van der Waals surface area contributed by atoms with Gasteiger partial charge in [0.1, 0.15) is 0 Å². The lowest BCUT2D eigenvalue weighted by molar-refractivity contribution is 0.698. The van der Waals surface area contributed by atoms with E-state index in [1.54, 1.807) is 0 Å². The first-order chi connectivity index (χ1) is 8.78. The van der Waals surface area contributed by atoms with Crippen molar-refractivity contribution in [2.45, 2.75) is 38.1 Å². The monoisotopic (exact) mass is 241 g/mol. The zero-order valence-electron chi connectivity index (χ0n) is 10.7. The Balaban J connectivity index is 1.82. The van der Waals surface area contributed by atoms with Gasteiger partial charge in [-0.15, -0.1) is 0 Å². The molecule has 3 rings (SSSR count). The second-order valence-electron chi connectivity index (χ2n) is 5.07. The Morgan fingerprint density at radius 3 is 2.61 bits per heavy atom. The molecule has 3 nitrogen and oxygen atoms in total. The van der Waals surface area contributed by atoms with Gasteiger partial charge < -0.3 is 5.73 Å². The summed E-state index contributed by atoms with van der Waals surface area (Å²) in [7, 11) is 0. The first kappa shape index (κ1) is 11.5. The Morgan fingerprint density at radius 1 is 1.28 bits per heavy atom. The Hall–Kier alpha value is -1.61. The quantitative estimate of drug-likeness (QED) is 0.893. The van der Waals surface area contributed by atoms with Crippen LogP contribution in [0.5, 0.6) is 0 Å². The van der Waals surface area contributed by atoms with Crippen molar-refractivity contribution in [3.05, 3.63) is 47.8 Å². The minimum atomic E-state index is 0.138. The molecule has 1 saturated carbocycles. The summed E-state index contributed by atoms with van der Waals surface area (Å²) in [5.41, 5.74) is 9.54. The minimum absolute atomic E-state index is 0.138. The number of hydrogen-bond donors (Lipinski definition) is 1. The van der Waals surface area contributed by atoms with Gasteiger partial charge in [-0.05, 0) is 43.0 Å². The van der Waals surface area contributed by atoms with Crippen molar-refractivity contribution in [2.24, 2.45) is 5.73 Å². The molecule has 1 aliphatic rings. The molecule has 0 bridgehead atoms. The summed E-state index contributed by atoms with van der Waals surface area (Å²) in [5.74, 6) is 0.707. The highest BCUT2D eigenvalue weighted by atomic mass is 15.3. The molecule has 0 amide bonds. The molecule has 1 aromatic heterocycles. The second kappa shape index (κ2) is 4.58. The zero-order chi connectivity index (χ0) is 12.5. The average molecular weight is 241 g/mol. The fourth-order valence-electron chi connectivity index (χ4n) is 2.19. The van der Waals surface area contributed by atoms with E-state index in [4.69, 9.17) is 5.73 Å². The largest absolute Gasteiger partial charge is 0.324 e. The van der Waals surface area contributed by atoms with E-state index in [1.165, 1.54) is 24.1 Å². The van der Waals surface area contributed by atoms with Crippen molar-refractivity contribution in [2.75, 3.05) is 0 Å². The molecule has 0 spiro atoms. The van der Waals surface area contributed by atoms with Crippen LogP contribution in [0.3, 0.4) is 0 Å². The van der Waals surface area contributed by atoms with Gasteiger partial charge in [0.2, 0.25) is 0 Å². The molecule has 3 heteroatoms. The summed E-state index contributed by atoms with van der Waals surface area (Å²) in [5, 5.41) is 4.62. The Morgan fingerprint density at radius 2 is 2.00 bits per heavy atom. The summed E-state index contributed by atoms with van der Waals surface area (Å²) >= 11 is 0. The van der Waals surface area contributed by atoms with E-state index in [9.17, 15) is 0 Å². The van der Waals surface area contributed by atoms with Gasteiger partial charge in [0.15, 0.2) is 0 Å². The van der Waals surface area contributed by atoms with E-state index < -0.39 is 0 Å². The molecule has 1 unspecified atom stereocenters. The molecule has 0 radical (unpaired) electrons. The van der Waals surface area contributed by atoms with Crippen LogP contribution in [0.2, 0.25) is 0 Å². The van der Waals surface area contributed by atoms with Gasteiger partial charge in [0, 0.05) is 18.2 Å². The molecule has 2 aromatic rings. The zero-order valence-corrected chi connectivity index (χ0v) is 10.7. The maximum Gasteiger partial charge on any atom is 0.0659 e. The maximum atomic E-state index is 6.01. The lowest BCUT2D eigenvalue weighted by Gasteiger charge is -2.09. The van der Waals surface area contributed by atoms with Crippen molar-refractivity contribution in [1.82, 2.24) is 9.78 Å². The molecule has 0 aliphatic heterocycles. The van der Waals surface area contributed by atoms with Crippen LogP contribution in [-0.4, -0.2) is 9.78 Å². The molecular formula is C15H19N3. The summed E-state index contributed by atoms with van der Waals surface area (Å²) in [6, 6.07) is 10.6. The van der Waals surface area contributed by atoms with Crippen molar-refractivity contribution >= 4 is 0 Å². The molecule has 2 N–H and O–H groups in total. The minimum Gasteiger partial charge on any atom is -0.324 e. The van der Waals surface area contributed by atoms with E-state index >= 15 is 0 Å². The molecule has 1 aliphatic carbocycles. The van der Waals surface area contributed by atoms with Gasteiger partial charge in [-0.25, -0.2) is 4.68 Å². The number of nitrogens with two attached hydrogens (primary N) is 1. The van der Waals surface area contributed by atoms with E-state index in [-0.39, 0.29) is 6.04 Å². The predicted molar refractivity (Wildman–Crippen MR) is 72.8 cm³/mol. The van der Waals surface area contributed by atoms with Gasteiger partial charge >= 0.3 is 0 Å². The summed E-state index contributed by atoms with van der Waals surface area (Å²) in [6.45, 7) is 2.11. The molecule has 1 aromatic carbocycles. The Labute approximate surface area is 108 Å². The number of rotatable bonds is 4. The third-order valence-corrected chi connectivity index (χ3v) is 3.63. The van der Waals surface area contributed by atoms with Gasteiger partial charge in [-0.2, -0.15) is 5.10 Å². The molecule has 1 fully saturated rings. The third kappa shape index (κ3) is 2.18. The number of benzene rings is 1. The normalized spacial score (nSPS) is 16.8. The van der Waals surface area contributed by atoms with Crippen molar-refractivity contribution in [1.29, 1.82) is 0 Å². The topological polar surface area (TPSA) is 43.8 Å². The van der Waals surface area contributed by atoms with Crippen molar-refractivity contribution < 1.29 is 0 Å². The van der Waals surface area contributed by atoms with Crippen LogP contribution < -0.4 is 5.73 Å². The highest BCUT2D eigenvalue weighted by Crippen LogP contribution is 2.39. The first-order valence-electron chi connectivity index (χ1n) is 6.69. The molecular weight excluding hydrogens is 222 g/mol. The standard InChI is InChI=1S/C15H19N3/c1-2-14(16)11-5-7-13(8-6-11)18-10-9-15(17-18)12-3-4-12/h5-10,12,14H,2-4,16H2,1H3. The molecule has 18 heavy (non-hydrogen) atoms. The molecule has 1 atom stereocenters. The van der Waals surface area contributed by atoms with E-state index in [0.29, 0.717) is 5.92 Å². The van der Waals surface area contributed by atoms with Crippen LogP contribution >= 0.6 is 0 Å². The smallest absolute Gasteiger partial charge is 0.0659 e. The summed E-state index contributed by atoms with van der Waals surface area (Å²) in [4.78, 5) is 0. The second-order valence-corrected chi connectivity index (χ2v) is 5.07. The predicted octanol–water partition coefficient (Wildman–Crippen LogP) is 3.16. The van der Waals surface area contributed by atoms with E-state index in [0.717, 1.165) is 12.1 Å². The summed E-state index contributed by atoms with van der Waals surface area (Å²) < 4.78 is 1.95. The van der Waals surface area contributed by atoms with Crippen molar-refractivity contribution in [3.8, 4) is 5.69 Å². The van der Waals surface area contributed by atoms with Gasteiger partial charge in [0.25, 0.3) is 0 Å². The lowest BCUT2D eigenvalue weighted by atomic mass is 10.1. The van der Waals surface area contributed by atoms with Crippen LogP contribution in [0.25, 0.3) is 5.69 Å². The van der Waals surface area contributed by atoms with E-state index in [1.807, 2.05) is 10.9 Å². The van der Waals surface area contributed by atoms with E-state index in [2.05, 4.69) is 42.4 Å². The first-order valence-corrected chi connectivity index (χ1v) is 6.69. The Bertz CT molecular complexity index is 523. The van der Waals surface area contributed by atoms with Crippen LogP contribution in [0.15, 0.2) is 36.5 Å². The molecule has 1 heterocycles. The SMILES string of the molecule is CCC(N)c1ccc(-n2ccc(C3CC3)n2)cc1. The Kier molecular flexibility index (Phi) is 2.92. The van der Waals surface area contributed by atoms with Gasteiger partial charge in [-0.1, -0.05) is 19.1 Å². The molecule has 94 valence electrons. The number of nitrogens with zero attached hydrogens (tertiary/aromatic N) is 2. The fraction of sp³-hybridized carbons (Fsp3) is 0.400. The van der Waals surface area contributed by atoms with Crippen LogP contribution in [0.4, 0.5) is 0 Å². The lowest BCUT2D eigenvalue weighted by Crippen LogP contribution is -2.08. The maximum absolute atomic E-state index is 6.01.